The van der Waals surface area contributed by atoms with Gasteiger partial charge in [-0.1, -0.05) is 27.7 Å². The van der Waals surface area contributed by atoms with E-state index in [2.05, 4.69) is 38.3 Å². The second kappa shape index (κ2) is 9.24. The van der Waals surface area contributed by atoms with E-state index in [9.17, 15) is 0 Å². The first-order valence-corrected chi connectivity index (χ1v) is 15.7. The Morgan fingerprint density at radius 1 is 0.914 bits per heavy atom. The zero-order valence-corrected chi connectivity index (χ0v) is 23.3. The zero-order valence-electron chi connectivity index (χ0n) is 23.3. The molecule has 6 rings (SSSR count). The summed E-state index contributed by atoms with van der Waals surface area (Å²) in [7, 11) is 0. The summed E-state index contributed by atoms with van der Waals surface area (Å²) >= 11 is 0. The minimum Gasteiger partial charge on any atom is -0.357 e. The molecule has 4 N–H and O–H groups in total. The molecule has 4 aliphatic carbocycles. The van der Waals surface area contributed by atoms with Crippen LogP contribution in [0.25, 0.3) is 0 Å². The van der Waals surface area contributed by atoms with E-state index < -0.39 is 0 Å². The summed E-state index contributed by atoms with van der Waals surface area (Å²) in [6.07, 6.45) is 16.9. The van der Waals surface area contributed by atoms with Gasteiger partial charge in [-0.25, -0.2) is 0 Å². The molecule has 12 atom stereocenters. The Bertz CT molecular complexity index is 764. The van der Waals surface area contributed by atoms with Gasteiger partial charge in [0.05, 0.1) is 6.10 Å². The van der Waals surface area contributed by atoms with Gasteiger partial charge in [0.15, 0.2) is 0 Å². The molecule has 0 amide bonds. The highest BCUT2D eigenvalue weighted by molar-refractivity contribution is 5.16. The van der Waals surface area contributed by atoms with Gasteiger partial charge in [0.1, 0.15) is 5.72 Å². The summed E-state index contributed by atoms with van der Waals surface area (Å²) in [4.78, 5) is 0. The number of nitrogens with two attached hydrogens (primary N) is 1. The first-order chi connectivity index (χ1) is 16.8. The molecule has 35 heavy (non-hydrogen) atoms. The van der Waals surface area contributed by atoms with Crippen molar-refractivity contribution in [1.82, 2.24) is 10.6 Å². The zero-order chi connectivity index (χ0) is 24.4. The topological polar surface area (TPSA) is 59.3 Å². The molecule has 0 aromatic carbocycles. The maximum absolute atomic E-state index is 7.08. The van der Waals surface area contributed by atoms with E-state index in [-0.39, 0.29) is 5.72 Å². The Labute approximate surface area is 215 Å². The number of fused-ring (bicyclic) bond motifs is 7. The van der Waals surface area contributed by atoms with Crippen molar-refractivity contribution in [2.45, 2.75) is 123 Å². The first-order valence-electron chi connectivity index (χ1n) is 15.7. The fourth-order valence-corrected chi connectivity index (χ4v) is 11.2. The summed E-state index contributed by atoms with van der Waals surface area (Å²) < 4.78 is 7.08. The maximum atomic E-state index is 7.08. The Kier molecular flexibility index (Phi) is 6.64. The molecule has 2 aliphatic heterocycles. The van der Waals surface area contributed by atoms with Crippen molar-refractivity contribution < 1.29 is 4.74 Å². The average molecular weight is 486 g/mol. The van der Waals surface area contributed by atoms with Crippen LogP contribution in [0.5, 0.6) is 0 Å². The number of hydrogen-bond acceptors (Lipinski definition) is 4. The predicted molar refractivity (Wildman–Crippen MR) is 144 cm³/mol. The molecule has 0 bridgehead atoms. The van der Waals surface area contributed by atoms with Crippen molar-refractivity contribution in [2.24, 2.45) is 58.0 Å². The molecular weight excluding hydrogens is 430 g/mol. The number of unbranched alkanes of at least 4 members (excludes halogenated alkanes) is 1. The number of hydrogen-bond donors (Lipinski definition) is 3. The highest BCUT2D eigenvalue weighted by Crippen LogP contribution is 2.71. The average Bonchev–Trinajstić information content (AvgIpc) is 3.29. The van der Waals surface area contributed by atoms with E-state index in [1.54, 1.807) is 0 Å². The van der Waals surface area contributed by atoms with Crippen molar-refractivity contribution in [2.75, 3.05) is 19.6 Å². The van der Waals surface area contributed by atoms with Crippen LogP contribution < -0.4 is 16.4 Å². The Morgan fingerprint density at radius 3 is 2.51 bits per heavy atom. The third-order valence-electron chi connectivity index (χ3n) is 13.2. The van der Waals surface area contributed by atoms with Gasteiger partial charge in [-0.2, -0.15) is 0 Å². The van der Waals surface area contributed by atoms with E-state index in [1.165, 1.54) is 70.6 Å². The third-order valence-corrected chi connectivity index (χ3v) is 13.2. The standard InChI is InChI=1S/C31H55N3O/c1-20-9-14-31(34-19-20)21(2)28-27(35-31)18-26-24-8-7-22-17-23(33-16-6-5-15-32)10-12-29(22,3)25(24)11-13-30(26,28)4/h20-28,33-34H,5-19,32H2,1-4H3. The van der Waals surface area contributed by atoms with Crippen molar-refractivity contribution in [3.63, 3.8) is 0 Å². The fraction of sp³-hybridized carbons (Fsp3) is 1.00. The Hall–Kier alpha value is -0.160. The van der Waals surface area contributed by atoms with E-state index in [0.717, 1.165) is 67.6 Å². The highest BCUT2D eigenvalue weighted by Gasteiger charge is 2.68. The molecule has 0 radical (unpaired) electrons. The fourth-order valence-electron chi connectivity index (χ4n) is 11.2. The quantitative estimate of drug-likeness (QED) is 0.437. The lowest BCUT2D eigenvalue weighted by Crippen LogP contribution is -2.58. The molecule has 4 nitrogen and oxygen atoms in total. The molecule has 1 spiro atoms. The molecule has 2 heterocycles. The van der Waals surface area contributed by atoms with Crippen LogP contribution in [0.3, 0.4) is 0 Å². The number of rotatable bonds is 5. The minimum atomic E-state index is -0.0220. The van der Waals surface area contributed by atoms with Gasteiger partial charge < -0.3 is 15.8 Å². The molecule has 0 aromatic heterocycles. The van der Waals surface area contributed by atoms with E-state index in [1.807, 2.05) is 0 Å². The molecule has 4 heteroatoms. The van der Waals surface area contributed by atoms with Crippen molar-refractivity contribution >= 4 is 0 Å². The lowest BCUT2D eigenvalue weighted by atomic mass is 9.44. The molecule has 12 unspecified atom stereocenters. The van der Waals surface area contributed by atoms with Crippen molar-refractivity contribution in [3.8, 4) is 0 Å². The second-order valence-electron chi connectivity index (χ2n) is 14.7. The van der Waals surface area contributed by atoms with Crippen molar-refractivity contribution in [3.05, 3.63) is 0 Å². The lowest BCUT2D eigenvalue weighted by molar-refractivity contribution is -0.134. The van der Waals surface area contributed by atoms with Gasteiger partial charge in [-0.3, -0.25) is 5.32 Å². The van der Waals surface area contributed by atoms with Gasteiger partial charge in [-0.05, 0) is 136 Å². The molecular formula is C31H55N3O. The summed E-state index contributed by atoms with van der Waals surface area (Å²) in [5.74, 6) is 5.93. The monoisotopic (exact) mass is 485 g/mol. The summed E-state index contributed by atoms with van der Waals surface area (Å²) in [6.45, 7) is 13.5. The van der Waals surface area contributed by atoms with Gasteiger partial charge in [-0.15, -0.1) is 0 Å². The molecule has 0 aromatic rings. The Morgan fingerprint density at radius 2 is 1.74 bits per heavy atom. The van der Waals surface area contributed by atoms with E-state index >= 15 is 0 Å². The lowest BCUT2D eigenvalue weighted by Gasteiger charge is -2.61. The summed E-state index contributed by atoms with van der Waals surface area (Å²) in [5.41, 5.74) is 6.74. The molecule has 2 saturated heterocycles. The third kappa shape index (κ3) is 3.90. The van der Waals surface area contributed by atoms with Crippen LogP contribution in [0.15, 0.2) is 0 Å². The van der Waals surface area contributed by atoms with Crippen LogP contribution >= 0.6 is 0 Å². The maximum Gasteiger partial charge on any atom is 0.122 e. The van der Waals surface area contributed by atoms with E-state index in [0.29, 0.717) is 22.9 Å². The number of piperidine rings is 1. The first kappa shape index (κ1) is 25.1. The van der Waals surface area contributed by atoms with Crippen molar-refractivity contribution in [1.29, 1.82) is 0 Å². The summed E-state index contributed by atoms with van der Waals surface area (Å²) in [6, 6.07) is 0.748. The van der Waals surface area contributed by atoms with E-state index in [4.69, 9.17) is 10.5 Å². The van der Waals surface area contributed by atoms with Crippen LogP contribution in [0.4, 0.5) is 0 Å². The van der Waals surface area contributed by atoms with Gasteiger partial charge >= 0.3 is 0 Å². The summed E-state index contributed by atoms with van der Waals surface area (Å²) in [5, 5.41) is 7.83. The largest absolute Gasteiger partial charge is 0.357 e. The van der Waals surface area contributed by atoms with Crippen LogP contribution in [-0.2, 0) is 4.74 Å². The van der Waals surface area contributed by atoms with Crippen LogP contribution in [0, 0.1) is 52.3 Å². The molecule has 6 fully saturated rings. The van der Waals surface area contributed by atoms with Gasteiger partial charge in [0.25, 0.3) is 0 Å². The molecule has 6 aliphatic rings. The Balaban J connectivity index is 1.14. The SMILES string of the molecule is CC1CCC2(NC1)OC1CC3C4CCC5CC(NCCCCN)CCC5(C)C4CCC3(C)C1C2C. The number of ether oxygens (including phenoxy) is 1. The smallest absolute Gasteiger partial charge is 0.122 e. The van der Waals surface area contributed by atoms with Crippen LogP contribution in [-0.4, -0.2) is 37.5 Å². The van der Waals surface area contributed by atoms with Crippen LogP contribution in [0.1, 0.15) is 105 Å². The van der Waals surface area contributed by atoms with Crippen LogP contribution in [0.2, 0.25) is 0 Å². The van der Waals surface area contributed by atoms with Gasteiger partial charge in [0, 0.05) is 18.5 Å². The highest BCUT2D eigenvalue weighted by atomic mass is 16.5. The number of nitrogens with one attached hydrogen (secondary N) is 2. The predicted octanol–water partition coefficient (Wildman–Crippen LogP) is 5.70. The molecule has 4 saturated carbocycles. The minimum absolute atomic E-state index is 0.0220. The normalized spacial score (nSPS) is 55.3. The van der Waals surface area contributed by atoms with Gasteiger partial charge in [0.2, 0.25) is 0 Å². The second-order valence-corrected chi connectivity index (χ2v) is 14.7. The molecule has 200 valence electrons.